The molecule has 5 rings (SSSR count). The molecule has 0 unspecified atom stereocenters. The van der Waals surface area contributed by atoms with Crippen LogP contribution in [0.4, 0.5) is 5.69 Å². The number of anilines is 1. The summed E-state index contributed by atoms with van der Waals surface area (Å²) in [6.45, 7) is 1.78. The van der Waals surface area contributed by atoms with Crippen LogP contribution in [0.1, 0.15) is 16.1 Å². The molecule has 1 amide bonds. The first-order valence-electron chi connectivity index (χ1n) is 8.48. The first kappa shape index (κ1) is 16.3. The second kappa shape index (κ2) is 6.71. The van der Waals surface area contributed by atoms with E-state index in [4.69, 9.17) is 0 Å². The SMILES string of the molecule is O=C(Nc1ccc(C2=CSC3=NCCN23)cc1)c1cc(-c2cccs2)[nH]n1. The summed E-state index contributed by atoms with van der Waals surface area (Å²) >= 11 is 3.27. The first-order chi connectivity index (χ1) is 13.3. The minimum atomic E-state index is -0.230. The quantitative estimate of drug-likeness (QED) is 0.700. The molecule has 0 saturated carbocycles. The highest BCUT2D eigenvalue weighted by molar-refractivity contribution is 8.16. The fourth-order valence-corrected chi connectivity index (χ4v) is 4.72. The van der Waals surface area contributed by atoms with Gasteiger partial charge in [0.2, 0.25) is 0 Å². The predicted molar refractivity (Wildman–Crippen MR) is 111 cm³/mol. The molecule has 2 aliphatic rings. The Morgan fingerprint density at radius 2 is 2.11 bits per heavy atom. The van der Waals surface area contributed by atoms with Gasteiger partial charge >= 0.3 is 0 Å². The molecule has 4 heterocycles. The van der Waals surface area contributed by atoms with Gasteiger partial charge in [-0.25, -0.2) is 0 Å². The number of nitrogens with one attached hydrogen (secondary N) is 2. The van der Waals surface area contributed by atoms with Gasteiger partial charge in [0.15, 0.2) is 10.9 Å². The summed E-state index contributed by atoms with van der Waals surface area (Å²) in [4.78, 5) is 20.2. The molecule has 6 nitrogen and oxygen atoms in total. The molecule has 0 bridgehead atoms. The summed E-state index contributed by atoms with van der Waals surface area (Å²) in [5.74, 6) is -0.230. The molecule has 0 aliphatic carbocycles. The number of nitrogens with zero attached hydrogens (tertiary/aromatic N) is 3. The number of thioether (sulfide) groups is 1. The van der Waals surface area contributed by atoms with Crippen molar-refractivity contribution in [1.29, 1.82) is 0 Å². The lowest BCUT2D eigenvalue weighted by Gasteiger charge is -2.16. The van der Waals surface area contributed by atoms with Crippen molar-refractivity contribution in [2.24, 2.45) is 4.99 Å². The molecule has 134 valence electrons. The van der Waals surface area contributed by atoms with Gasteiger partial charge in [0.05, 0.1) is 22.8 Å². The predicted octanol–water partition coefficient (Wildman–Crippen LogP) is 4.11. The van der Waals surface area contributed by atoms with Gasteiger partial charge in [0.25, 0.3) is 5.91 Å². The van der Waals surface area contributed by atoms with Crippen molar-refractivity contribution in [3.63, 3.8) is 0 Å². The summed E-state index contributed by atoms with van der Waals surface area (Å²) in [6, 6.07) is 13.6. The maximum absolute atomic E-state index is 12.5. The molecule has 0 saturated heterocycles. The second-order valence-corrected chi connectivity index (χ2v) is 7.90. The molecular weight excluding hydrogens is 378 g/mol. The number of H-pyrrole nitrogens is 1. The van der Waals surface area contributed by atoms with Gasteiger partial charge in [-0.3, -0.25) is 14.9 Å². The number of thiophene rings is 1. The smallest absolute Gasteiger partial charge is 0.276 e. The number of carbonyl (C=O) groups excluding carboxylic acids is 1. The van der Waals surface area contributed by atoms with Crippen LogP contribution < -0.4 is 5.32 Å². The fraction of sp³-hybridized carbons (Fsp3) is 0.105. The van der Waals surface area contributed by atoms with E-state index in [9.17, 15) is 4.79 Å². The number of fused-ring (bicyclic) bond motifs is 1. The van der Waals surface area contributed by atoms with E-state index in [-0.39, 0.29) is 5.91 Å². The molecule has 3 aromatic rings. The summed E-state index contributed by atoms with van der Waals surface area (Å²) in [5.41, 5.74) is 4.25. The molecule has 0 radical (unpaired) electrons. The van der Waals surface area contributed by atoms with Gasteiger partial charge in [-0.2, -0.15) is 5.10 Å². The number of rotatable bonds is 4. The Balaban J connectivity index is 1.29. The normalized spacial score (nSPS) is 15.5. The Kier molecular flexibility index (Phi) is 4.06. The molecular formula is C19H15N5OS2. The highest BCUT2D eigenvalue weighted by Crippen LogP contribution is 2.35. The van der Waals surface area contributed by atoms with E-state index < -0.39 is 0 Å². The molecule has 0 atom stereocenters. The van der Waals surface area contributed by atoms with E-state index in [0.29, 0.717) is 5.69 Å². The van der Waals surface area contributed by atoms with Crippen LogP contribution in [0.2, 0.25) is 0 Å². The average molecular weight is 393 g/mol. The Hall–Kier alpha value is -2.84. The second-order valence-electron chi connectivity index (χ2n) is 6.11. The van der Waals surface area contributed by atoms with Gasteiger partial charge in [0.1, 0.15) is 0 Å². The number of amides is 1. The van der Waals surface area contributed by atoms with E-state index in [1.165, 1.54) is 5.70 Å². The van der Waals surface area contributed by atoms with Crippen molar-refractivity contribution in [3.8, 4) is 10.6 Å². The van der Waals surface area contributed by atoms with Crippen molar-refractivity contribution in [1.82, 2.24) is 15.1 Å². The van der Waals surface area contributed by atoms with Gasteiger partial charge in [-0.15, -0.1) is 11.3 Å². The van der Waals surface area contributed by atoms with Crippen LogP contribution in [0, 0.1) is 0 Å². The van der Waals surface area contributed by atoms with Crippen LogP contribution >= 0.6 is 23.1 Å². The summed E-state index contributed by atoms with van der Waals surface area (Å²) < 4.78 is 0. The summed E-state index contributed by atoms with van der Waals surface area (Å²) in [6.07, 6.45) is 0. The van der Waals surface area contributed by atoms with Crippen molar-refractivity contribution in [2.75, 3.05) is 18.4 Å². The third-order valence-electron chi connectivity index (χ3n) is 4.40. The lowest BCUT2D eigenvalue weighted by atomic mass is 10.1. The molecule has 0 fully saturated rings. The zero-order valence-corrected chi connectivity index (χ0v) is 15.8. The van der Waals surface area contributed by atoms with Crippen molar-refractivity contribution >= 4 is 45.6 Å². The van der Waals surface area contributed by atoms with Crippen LogP contribution in [0.25, 0.3) is 16.3 Å². The lowest BCUT2D eigenvalue weighted by molar-refractivity contribution is 0.102. The van der Waals surface area contributed by atoms with Crippen molar-refractivity contribution in [2.45, 2.75) is 0 Å². The Labute approximate surface area is 164 Å². The minimum absolute atomic E-state index is 0.230. The fourth-order valence-electron chi connectivity index (χ4n) is 3.06. The number of amidine groups is 1. The van der Waals surface area contributed by atoms with Gasteiger partial charge < -0.3 is 10.2 Å². The minimum Gasteiger partial charge on any atom is -0.321 e. The largest absolute Gasteiger partial charge is 0.321 e. The van der Waals surface area contributed by atoms with Crippen LogP contribution in [0.3, 0.4) is 0 Å². The maximum atomic E-state index is 12.5. The number of carbonyl (C=O) groups is 1. The molecule has 27 heavy (non-hydrogen) atoms. The third kappa shape index (κ3) is 3.07. The molecule has 2 N–H and O–H groups in total. The number of hydrogen-bond donors (Lipinski definition) is 2. The number of hydrogen-bond acceptors (Lipinski definition) is 6. The zero-order chi connectivity index (χ0) is 18.2. The Bertz CT molecular complexity index is 1050. The zero-order valence-electron chi connectivity index (χ0n) is 14.2. The molecule has 0 spiro atoms. The number of aromatic amines is 1. The standard InChI is InChI=1S/C19H15N5OS2/c25-18(15-10-14(22-23-15)17-2-1-9-26-17)21-13-5-3-12(4-6-13)16-11-27-19-20-7-8-24(16)19/h1-6,9-11H,7-8H2,(H,21,25)(H,22,23). The number of aliphatic imine (C=N–C) groups is 1. The van der Waals surface area contributed by atoms with E-state index in [2.05, 4.69) is 30.8 Å². The van der Waals surface area contributed by atoms with Crippen LogP contribution in [-0.2, 0) is 0 Å². The molecule has 2 aromatic heterocycles. The van der Waals surface area contributed by atoms with Gasteiger partial charge in [-0.05, 0) is 35.2 Å². The van der Waals surface area contributed by atoms with E-state index in [1.807, 2.05) is 41.8 Å². The molecule has 8 heteroatoms. The summed E-state index contributed by atoms with van der Waals surface area (Å²) in [7, 11) is 0. The molecule has 2 aliphatic heterocycles. The maximum Gasteiger partial charge on any atom is 0.276 e. The van der Waals surface area contributed by atoms with Crippen LogP contribution in [-0.4, -0.2) is 39.3 Å². The third-order valence-corrected chi connectivity index (χ3v) is 6.21. The first-order valence-corrected chi connectivity index (χ1v) is 10.2. The van der Waals surface area contributed by atoms with Crippen molar-refractivity contribution in [3.05, 3.63) is 64.5 Å². The van der Waals surface area contributed by atoms with E-state index in [0.717, 1.165) is 40.1 Å². The van der Waals surface area contributed by atoms with E-state index >= 15 is 0 Å². The Morgan fingerprint density at radius 1 is 1.22 bits per heavy atom. The van der Waals surface area contributed by atoms with Gasteiger partial charge in [-0.1, -0.05) is 30.0 Å². The molecule has 1 aromatic carbocycles. The van der Waals surface area contributed by atoms with Gasteiger partial charge in [0, 0.05) is 17.6 Å². The number of benzene rings is 1. The Morgan fingerprint density at radius 3 is 2.93 bits per heavy atom. The average Bonchev–Trinajstić information content (AvgIpc) is 3.46. The highest BCUT2D eigenvalue weighted by atomic mass is 32.2. The van der Waals surface area contributed by atoms with E-state index in [1.54, 1.807) is 29.2 Å². The van der Waals surface area contributed by atoms with Crippen LogP contribution in [0.5, 0.6) is 0 Å². The number of aromatic nitrogens is 2. The summed E-state index contributed by atoms with van der Waals surface area (Å²) in [5, 5.41) is 15.1. The lowest BCUT2D eigenvalue weighted by Crippen LogP contribution is -2.19. The highest BCUT2D eigenvalue weighted by Gasteiger charge is 2.26. The topological polar surface area (TPSA) is 73.4 Å². The van der Waals surface area contributed by atoms with Crippen LogP contribution in [0.15, 0.2) is 58.2 Å². The van der Waals surface area contributed by atoms with Crippen molar-refractivity contribution < 1.29 is 4.79 Å². The monoisotopic (exact) mass is 393 g/mol.